The van der Waals surface area contributed by atoms with Gasteiger partial charge in [-0.1, -0.05) is 41.8 Å². The van der Waals surface area contributed by atoms with E-state index < -0.39 is 10.0 Å². The normalized spacial score (nSPS) is 15.5. The van der Waals surface area contributed by atoms with Crippen molar-refractivity contribution >= 4 is 44.8 Å². The first-order valence-electron chi connectivity index (χ1n) is 8.68. The molecule has 0 spiro atoms. The Morgan fingerprint density at radius 1 is 0.963 bits per heavy atom. The van der Waals surface area contributed by atoms with E-state index in [4.69, 9.17) is 23.2 Å². The topological polar surface area (TPSA) is 66.5 Å². The van der Waals surface area contributed by atoms with Gasteiger partial charge in [0.25, 0.3) is 5.91 Å². The lowest BCUT2D eigenvalue weighted by atomic mass is 10.1. The summed E-state index contributed by atoms with van der Waals surface area (Å²) >= 11 is 11.9. The number of rotatable bonds is 5. The molecule has 27 heavy (non-hydrogen) atoms. The van der Waals surface area contributed by atoms with Crippen LogP contribution in [-0.4, -0.2) is 31.7 Å². The molecule has 0 saturated carbocycles. The van der Waals surface area contributed by atoms with Gasteiger partial charge in [0.15, 0.2) is 0 Å². The third-order valence-electron chi connectivity index (χ3n) is 4.39. The van der Waals surface area contributed by atoms with Crippen LogP contribution in [-0.2, 0) is 15.8 Å². The third kappa shape index (κ3) is 5.45. The highest BCUT2D eigenvalue weighted by atomic mass is 35.5. The van der Waals surface area contributed by atoms with Crippen LogP contribution in [0.1, 0.15) is 35.2 Å². The van der Waals surface area contributed by atoms with Crippen LogP contribution in [0.15, 0.2) is 42.5 Å². The van der Waals surface area contributed by atoms with Gasteiger partial charge in [0, 0.05) is 34.4 Å². The summed E-state index contributed by atoms with van der Waals surface area (Å²) < 4.78 is 26.6. The van der Waals surface area contributed by atoms with Crippen molar-refractivity contribution in [3.63, 3.8) is 0 Å². The van der Waals surface area contributed by atoms with Crippen LogP contribution in [0.3, 0.4) is 0 Å². The van der Waals surface area contributed by atoms with Crippen molar-refractivity contribution < 1.29 is 13.2 Å². The van der Waals surface area contributed by atoms with Crippen molar-refractivity contribution in [2.45, 2.75) is 25.0 Å². The van der Waals surface area contributed by atoms with Crippen molar-refractivity contribution in [1.82, 2.24) is 4.31 Å². The molecular weight excluding hydrogens is 407 g/mol. The van der Waals surface area contributed by atoms with Gasteiger partial charge < -0.3 is 5.32 Å². The molecule has 1 N–H and O–H groups in total. The molecule has 2 aromatic rings. The number of hydrogen-bond acceptors (Lipinski definition) is 3. The summed E-state index contributed by atoms with van der Waals surface area (Å²) in [6.07, 6.45) is 2.89. The van der Waals surface area contributed by atoms with Crippen molar-refractivity contribution in [2.24, 2.45) is 0 Å². The van der Waals surface area contributed by atoms with Crippen LogP contribution in [0.2, 0.25) is 10.0 Å². The Morgan fingerprint density at radius 2 is 1.56 bits per heavy atom. The molecule has 1 fully saturated rings. The van der Waals surface area contributed by atoms with Crippen LogP contribution < -0.4 is 5.32 Å². The van der Waals surface area contributed by atoms with Crippen LogP contribution in [0.25, 0.3) is 0 Å². The van der Waals surface area contributed by atoms with Gasteiger partial charge in [-0.15, -0.1) is 0 Å². The molecule has 0 unspecified atom stereocenters. The van der Waals surface area contributed by atoms with E-state index >= 15 is 0 Å². The van der Waals surface area contributed by atoms with Gasteiger partial charge >= 0.3 is 0 Å². The average molecular weight is 427 g/mol. The second-order valence-corrected chi connectivity index (χ2v) is 9.37. The lowest BCUT2D eigenvalue weighted by Crippen LogP contribution is -2.36. The van der Waals surface area contributed by atoms with E-state index in [0.29, 0.717) is 39.9 Å². The fourth-order valence-electron chi connectivity index (χ4n) is 3.03. The highest BCUT2D eigenvalue weighted by Crippen LogP contribution is 2.23. The van der Waals surface area contributed by atoms with E-state index in [1.807, 2.05) is 0 Å². The Balaban J connectivity index is 1.66. The Bertz CT molecular complexity index is 904. The number of nitrogens with zero attached hydrogens (tertiary/aromatic N) is 1. The van der Waals surface area contributed by atoms with Gasteiger partial charge in [-0.2, -0.15) is 0 Å². The monoisotopic (exact) mass is 426 g/mol. The van der Waals surface area contributed by atoms with Gasteiger partial charge in [0.05, 0.1) is 5.75 Å². The van der Waals surface area contributed by atoms with Gasteiger partial charge in [-0.3, -0.25) is 4.79 Å². The second kappa shape index (κ2) is 8.61. The lowest BCUT2D eigenvalue weighted by molar-refractivity contribution is 0.102. The first-order valence-corrected chi connectivity index (χ1v) is 11.0. The highest BCUT2D eigenvalue weighted by Gasteiger charge is 2.24. The first-order chi connectivity index (χ1) is 12.8. The maximum Gasteiger partial charge on any atom is 0.255 e. The molecule has 1 amide bonds. The second-order valence-electron chi connectivity index (χ2n) is 6.53. The molecule has 0 bridgehead atoms. The summed E-state index contributed by atoms with van der Waals surface area (Å²) in [7, 11) is -3.32. The number of halogens is 2. The highest BCUT2D eigenvalue weighted by molar-refractivity contribution is 7.88. The zero-order chi connectivity index (χ0) is 19.4. The molecule has 1 saturated heterocycles. The third-order valence-corrected chi connectivity index (χ3v) is 6.68. The van der Waals surface area contributed by atoms with Crippen LogP contribution >= 0.6 is 23.2 Å². The molecule has 1 aliphatic heterocycles. The number of amides is 1. The summed E-state index contributed by atoms with van der Waals surface area (Å²) in [6.45, 7) is 1.18. The van der Waals surface area contributed by atoms with E-state index in [9.17, 15) is 13.2 Å². The van der Waals surface area contributed by atoms with Crippen molar-refractivity contribution in [1.29, 1.82) is 0 Å². The van der Waals surface area contributed by atoms with Crippen LogP contribution in [0.4, 0.5) is 5.69 Å². The first kappa shape index (κ1) is 20.1. The summed E-state index contributed by atoms with van der Waals surface area (Å²) in [5.41, 5.74) is 1.57. The Hall–Kier alpha value is -1.60. The maximum atomic E-state index is 12.5. The molecule has 8 heteroatoms. The molecule has 0 radical (unpaired) electrons. The molecule has 0 aliphatic carbocycles. The SMILES string of the molecule is O=C(Nc1cc(Cl)cc(Cl)c1)c1ccc(CS(=O)(=O)N2CCCCC2)cc1. The molecule has 144 valence electrons. The van der Waals surface area contributed by atoms with Gasteiger partial charge in [0.2, 0.25) is 10.0 Å². The number of anilines is 1. The summed E-state index contributed by atoms with van der Waals surface area (Å²) in [5, 5.41) is 3.58. The number of piperidine rings is 1. The molecular formula is C19H20Cl2N2O3S. The van der Waals surface area contributed by atoms with Crippen molar-refractivity contribution in [3.8, 4) is 0 Å². The molecule has 5 nitrogen and oxygen atoms in total. The predicted molar refractivity (Wildman–Crippen MR) is 109 cm³/mol. The van der Waals surface area contributed by atoms with Crippen molar-refractivity contribution in [3.05, 3.63) is 63.6 Å². The zero-order valence-electron chi connectivity index (χ0n) is 14.6. The van der Waals surface area contributed by atoms with Crippen LogP contribution in [0.5, 0.6) is 0 Å². The summed E-state index contributed by atoms with van der Waals surface area (Å²) in [5.74, 6) is -0.377. The Labute approximate surface area is 169 Å². The standard InChI is InChI=1S/C19H20Cl2N2O3S/c20-16-10-17(21)12-18(11-16)22-19(24)15-6-4-14(5-7-15)13-27(25,26)23-8-2-1-3-9-23/h4-7,10-12H,1-3,8-9,13H2,(H,22,24). The van der Waals surface area contributed by atoms with E-state index in [0.717, 1.165) is 19.3 Å². The summed E-state index contributed by atoms with van der Waals surface area (Å²) in [6, 6.07) is 11.3. The van der Waals surface area contributed by atoms with Gasteiger partial charge in [0.1, 0.15) is 0 Å². The number of sulfonamides is 1. The molecule has 2 aromatic carbocycles. The zero-order valence-corrected chi connectivity index (χ0v) is 16.9. The largest absolute Gasteiger partial charge is 0.322 e. The lowest BCUT2D eigenvalue weighted by Gasteiger charge is -2.25. The Morgan fingerprint density at radius 3 is 2.15 bits per heavy atom. The van der Waals surface area contributed by atoms with E-state index in [1.165, 1.54) is 0 Å². The summed E-state index contributed by atoms with van der Waals surface area (Å²) in [4.78, 5) is 12.4. The Kier molecular flexibility index (Phi) is 6.42. The minimum atomic E-state index is -3.32. The van der Waals surface area contributed by atoms with E-state index in [2.05, 4.69) is 5.32 Å². The number of nitrogens with one attached hydrogen (secondary N) is 1. The maximum absolute atomic E-state index is 12.5. The fourth-order valence-corrected chi connectivity index (χ4v) is 5.16. The number of benzene rings is 2. The number of hydrogen-bond donors (Lipinski definition) is 1. The number of carbonyl (C=O) groups excluding carboxylic acids is 1. The molecule has 3 rings (SSSR count). The van der Waals surface area contributed by atoms with Gasteiger partial charge in [-0.25, -0.2) is 12.7 Å². The molecule has 1 aliphatic rings. The number of carbonyl (C=O) groups is 1. The predicted octanol–water partition coefficient (Wildman–Crippen LogP) is 4.56. The fraction of sp³-hybridized carbons (Fsp3) is 0.316. The van der Waals surface area contributed by atoms with Crippen molar-refractivity contribution in [2.75, 3.05) is 18.4 Å². The van der Waals surface area contributed by atoms with Gasteiger partial charge in [-0.05, 0) is 48.7 Å². The van der Waals surface area contributed by atoms with E-state index in [-0.39, 0.29) is 11.7 Å². The van der Waals surface area contributed by atoms with E-state index in [1.54, 1.807) is 46.8 Å². The molecule has 0 aromatic heterocycles. The van der Waals surface area contributed by atoms with Crippen LogP contribution in [0, 0.1) is 0 Å². The molecule has 1 heterocycles. The minimum Gasteiger partial charge on any atom is -0.322 e. The quantitative estimate of drug-likeness (QED) is 0.761. The average Bonchev–Trinajstić information content (AvgIpc) is 2.62. The smallest absolute Gasteiger partial charge is 0.255 e. The molecule has 0 atom stereocenters. The minimum absolute atomic E-state index is 0.0567.